The van der Waals surface area contributed by atoms with E-state index in [9.17, 15) is 4.79 Å². The van der Waals surface area contributed by atoms with E-state index in [1.54, 1.807) is 13.8 Å². The number of nitrogens with zero attached hydrogens (tertiary/aromatic N) is 2. The number of amides is 1. The van der Waals surface area contributed by atoms with Gasteiger partial charge in [0.15, 0.2) is 0 Å². The van der Waals surface area contributed by atoms with Gasteiger partial charge in [-0.15, -0.1) is 0 Å². The standard InChI is InChI=1S/C8H11ClN4O/c1-4-7(9)12-5(2)13-8(4)11-3-6(10)14/h3H2,1-2H3,(H2,10,14)(H,11,12,13). The molecule has 0 fully saturated rings. The molecule has 0 saturated heterocycles. The molecule has 5 nitrogen and oxygen atoms in total. The minimum atomic E-state index is -0.447. The Kier molecular flexibility index (Phi) is 3.24. The third-order valence-electron chi connectivity index (χ3n) is 1.63. The quantitative estimate of drug-likeness (QED) is 0.724. The third-order valence-corrected chi connectivity index (χ3v) is 2.00. The van der Waals surface area contributed by atoms with Gasteiger partial charge in [0.25, 0.3) is 0 Å². The molecule has 0 unspecified atom stereocenters. The summed E-state index contributed by atoms with van der Waals surface area (Å²) in [6.45, 7) is 3.53. The number of hydrogen-bond donors (Lipinski definition) is 2. The molecule has 1 heterocycles. The van der Waals surface area contributed by atoms with Gasteiger partial charge in [0.1, 0.15) is 16.8 Å². The second-order valence-corrected chi connectivity index (χ2v) is 3.21. The fourth-order valence-electron chi connectivity index (χ4n) is 0.937. The van der Waals surface area contributed by atoms with Crippen molar-refractivity contribution in [3.8, 4) is 0 Å². The van der Waals surface area contributed by atoms with Crippen LogP contribution >= 0.6 is 11.6 Å². The van der Waals surface area contributed by atoms with Crippen LogP contribution in [0.25, 0.3) is 0 Å². The molecule has 0 saturated carbocycles. The molecule has 0 aliphatic carbocycles. The molecule has 14 heavy (non-hydrogen) atoms. The minimum Gasteiger partial charge on any atom is -0.368 e. The lowest BCUT2D eigenvalue weighted by atomic mass is 10.3. The number of rotatable bonds is 3. The number of hydrogen-bond acceptors (Lipinski definition) is 4. The van der Waals surface area contributed by atoms with E-state index in [4.69, 9.17) is 17.3 Å². The van der Waals surface area contributed by atoms with Gasteiger partial charge in [0.05, 0.1) is 6.54 Å². The number of nitrogens with two attached hydrogens (primary N) is 1. The van der Waals surface area contributed by atoms with Crippen LogP contribution in [0.1, 0.15) is 11.4 Å². The number of primary amides is 1. The van der Waals surface area contributed by atoms with Gasteiger partial charge in [-0.2, -0.15) is 0 Å². The van der Waals surface area contributed by atoms with Crippen molar-refractivity contribution >= 4 is 23.3 Å². The van der Waals surface area contributed by atoms with E-state index in [0.717, 1.165) is 0 Å². The normalized spacial score (nSPS) is 9.93. The van der Waals surface area contributed by atoms with Crippen molar-refractivity contribution in [2.75, 3.05) is 11.9 Å². The van der Waals surface area contributed by atoms with Gasteiger partial charge in [-0.3, -0.25) is 4.79 Å². The summed E-state index contributed by atoms with van der Waals surface area (Å²) in [5, 5.41) is 3.16. The van der Waals surface area contributed by atoms with Crippen molar-refractivity contribution in [3.63, 3.8) is 0 Å². The fourth-order valence-corrected chi connectivity index (χ4v) is 1.15. The molecule has 0 bridgehead atoms. The van der Waals surface area contributed by atoms with E-state index >= 15 is 0 Å². The number of carbonyl (C=O) groups is 1. The smallest absolute Gasteiger partial charge is 0.236 e. The van der Waals surface area contributed by atoms with Crippen LogP contribution in [0.4, 0.5) is 5.82 Å². The molecule has 0 aromatic carbocycles. The van der Waals surface area contributed by atoms with Gasteiger partial charge < -0.3 is 11.1 Å². The molecule has 76 valence electrons. The zero-order valence-corrected chi connectivity index (χ0v) is 8.72. The lowest BCUT2D eigenvalue weighted by molar-refractivity contribution is -0.116. The van der Waals surface area contributed by atoms with Crippen LogP contribution < -0.4 is 11.1 Å². The summed E-state index contributed by atoms with van der Waals surface area (Å²) < 4.78 is 0. The number of aromatic nitrogens is 2. The van der Waals surface area contributed by atoms with Crippen molar-refractivity contribution in [2.45, 2.75) is 13.8 Å². The Morgan fingerprint density at radius 2 is 2.14 bits per heavy atom. The van der Waals surface area contributed by atoms with Crippen molar-refractivity contribution in [3.05, 3.63) is 16.5 Å². The molecular formula is C8H11ClN4O. The first kappa shape index (κ1) is 10.7. The predicted octanol–water partition coefficient (Wildman–Crippen LogP) is 0.644. The monoisotopic (exact) mass is 214 g/mol. The largest absolute Gasteiger partial charge is 0.368 e. The van der Waals surface area contributed by atoms with Crippen molar-refractivity contribution in [1.29, 1.82) is 0 Å². The highest BCUT2D eigenvalue weighted by Gasteiger charge is 2.07. The first-order chi connectivity index (χ1) is 6.50. The van der Waals surface area contributed by atoms with Gasteiger partial charge in [-0.1, -0.05) is 11.6 Å². The summed E-state index contributed by atoms with van der Waals surface area (Å²) in [6, 6.07) is 0. The van der Waals surface area contributed by atoms with Crippen LogP contribution in [-0.4, -0.2) is 22.4 Å². The number of carbonyl (C=O) groups excluding carboxylic acids is 1. The van der Waals surface area contributed by atoms with E-state index in [0.29, 0.717) is 22.4 Å². The molecule has 1 amide bonds. The number of halogens is 1. The highest BCUT2D eigenvalue weighted by molar-refractivity contribution is 6.30. The molecule has 0 atom stereocenters. The Morgan fingerprint density at radius 1 is 1.50 bits per heavy atom. The average molecular weight is 215 g/mol. The van der Waals surface area contributed by atoms with Crippen LogP contribution in [0.5, 0.6) is 0 Å². The number of nitrogens with one attached hydrogen (secondary N) is 1. The molecule has 0 radical (unpaired) electrons. The Balaban J connectivity index is 2.90. The predicted molar refractivity (Wildman–Crippen MR) is 54.2 cm³/mol. The first-order valence-corrected chi connectivity index (χ1v) is 4.41. The maximum Gasteiger partial charge on any atom is 0.236 e. The molecule has 0 aliphatic heterocycles. The third kappa shape index (κ3) is 2.56. The molecule has 1 aromatic rings. The molecule has 3 N–H and O–H groups in total. The van der Waals surface area contributed by atoms with Crippen LogP contribution in [0.15, 0.2) is 0 Å². The molecular weight excluding hydrogens is 204 g/mol. The lowest BCUT2D eigenvalue weighted by Gasteiger charge is -2.08. The van der Waals surface area contributed by atoms with Gasteiger partial charge in [-0.05, 0) is 13.8 Å². The number of anilines is 1. The number of aryl methyl sites for hydroxylation is 1. The lowest BCUT2D eigenvalue weighted by Crippen LogP contribution is -2.22. The summed E-state index contributed by atoms with van der Waals surface area (Å²) in [5.41, 5.74) is 5.70. The van der Waals surface area contributed by atoms with Crippen molar-refractivity contribution in [2.24, 2.45) is 5.73 Å². The van der Waals surface area contributed by atoms with E-state index in [1.807, 2.05) is 0 Å². The van der Waals surface area contributed by atoms with Crippen LogP contribution in [0.2, 0.25) is 5.15 Å². The van der Waals surface area contributed by atoms with Gasteiger partial charge in [0.2, 0.25) is 5.91 Å². The Hall–Kier alpha value is -1.36. The van der Waals surface area contributed by atoms with E-state index in [1.165, 1.54) is 0 Å². The Morgan fingerprint density at radius 3 is 2.71 bits per heavy atom. The van der Waals surface area contributed by atoms with Crippen LogP contribution in [0, 0.1) is 13.8 Å². The summed E-state index contributed by atoms with van der Waals surface area (Å²) in [5.74, 6) is 0.644. The van der Waals surface area contributed by atoms with Crippen LogP contribution in [0.3, 0.4) is 0 Å². The molecule has 0 spiro atoms. The summed E-state index contributed by atoms with van der Waals surface area (Å²) in [4.78, 5) is 18.6. The highest BCUT2D eigenvalue weighted by Crippen LogP contribution is 2.18. The second kappa shape index (κ2) is 4.23. The van der Waals surface area contributed by atoms with Gasteiger partial charge in [0, 0.05) is 5.56 Å². The van der Waals surface area contributed by atoms with E-state index in [2.05, 4.69) is 15.3 Å². The SMILES string of the molecule is Cc1nc(Cl)c(C)c(NCC(N)=O)n1. The van der Waals surface area contributed by atoms with E-state index < -0.39 is 5.91 Å². The highest BCUT2D eigenvalue weighted by atomic mass is 35.5. The zero-order chi connectivity index (χ0) is 10.7. The zero-order valence-electron chi connectivity index (χ0n) is 7.97. The summed E-state index contributed by atoms with van der Waals surface area (Å²) >= 11 is 5.83. The maximum absolute atomic E-state index is 10.5. The summed E-state index contributed by atoms with van der Waals surface area (Å²) in [6.07, 6.45) is 0. The average Bonchev–Trinajstić information content (AvgIpc) is 2.08. The van der Waals surface area contributed by atoms with E-state index in [-0.39, 0.29) is 6.54 Å². The fraction of sp³-hybridized carbons (Fsp3) is 0.375. The minimum absolute atomic E-state index is 0.0353. The molecule has 6 heteroatoms. The van der Waals surface area contributed by atoms with Crippen molar-refractivity contribution in [1.82, 2.24) is 9.97 Å². The first-order valence-electron chi connectivity index (χ1n) is 4.03. The molecule has 1 aromatic heterocycles. The maximum atomic E-state index is 10.5. The topological polar surface area (TPSA) is 80.9 Å². The second-order valence-electron chi connectivity index (χ2n) is 2.86. The molecule has 0 aliphatic rings. The van der Waals surface area contributed by atoms with Gasteiger partial charge >= 0.3 is 0 Å². The summed E-state index contributed by atoms with van der Waals surface area (Å²) in [7, 11) is 0. The van der Waals surface area contributed by atoms with Gasteiger partial charge in [-0.25, -0.2) is 9.97 Å². The Labute approximate surface area is 86.7 Å². The van der Waals surface area contributed by atoms with Crippen molar-refractivity contribution < 1.29 is 4.79 Å². The van der Waals surface area contributed by atoms with Crippen LogP contribution in [-0.2, 0) is 4.79 Å². The Bertz CT molecular complexity index is 367. The molecule has 1 rings (SSSR count).